The summed E-state index contributed by atoms with van der Waals surface area (Å²) >= 11 is 1.52. The Bertz CT molecular complexity index is 577. The molecule has 0 radical (unpaired) electrons. The van der Waals surface area contributed by atoms with Crippen molar-refractivity contribution in [3.8, 4) is 11.6 Å². The molecule has 0 unspecified atom stereocenters. The second-order valence-corrected chi connectivity index (χ2v) is 6.13. The number of nitrogens with zero attached hydrogens (tertiary/aromatic N) is 2. The molecule has 21 heavy (non-hydrogen) atoms. The summed E-state index contributed by atoms with van der Waals surface area (Å²) in [7, 11) is 1.63. The third kappa shape index (κ3) is 3.44. The highest BCUT2D eigenvalue weighted by Crippen LogP contribution is 2.35. The number of aromatic nitrogens is 2. The van der Waals surface area contributed by atoms with Gasteiger partial charge in [-0.15, -0.1) is 11.3 Å². The first-order chi connectivity index (χ1) is 10.2. The van der Waals surface area contributed by atoms with Gasteiger partial charge in [-0.05, 0) is 31.7 Å². The van der Waals surface area contributed by atoms with Crippen LogP contribution in [0.3, 0.4) is 0 Å². The smallest absolute Gasteiger partial charge is 0.213 e. The first-order valence-electron chi connectivity index (χ1n) is 7.12. The molecule has 0 aliphatic heterocycles. The number of thiazole rings is 1. The average molecular weight is 305 g/mol. The minimum absolute atomic E-state index is 0.234. The number of methoxy groups -OCH3 is 1. The fraction of sp³-hybridized carbons (Fsp3) is 0.467. The molecule has 2 heterocycles. The van der Waals surface area contributed by atoms with Crippen LogP contribution in [0.5, 0.6) is 11.6 Å². The summed E-state index contributed by atoms with van der Waals surface area (Å²) in [6, 6.07) is 3.72. The van der Waals surface area contributed by atoms with Crippen molar-refractivity contribution in [3.63, 3.8) is 0 Å². The molecule has 0 bridgehead atoms. The predicted octanol–water partition coefficient (Wildman–Crippen LogP) is 3.23. The third-order valence-electron chi connectivity index (χ3n) is 3.86. The van der Waals surface area contributed by atoms with Gasteiger partial charge >= 0.3 is 0 Å². The Kier molecular flexibility index (Phi) is 4.24. The van der Waals surface area contributed by atoms with Crippen molar-refractivity contribution in [3.05, 3.63) is 29.4 Å². The van der Waals surface area contributed by atoms with E-state index in [0.29, 0.717) is 16.9 Å². The van der Waals surface area contributed by atoms with Crippen molar-refractivity contribution >= 4 is 16.5 Å². The summed E-state index contributed by atoms with van der Waals surface area (Å²) < 4.78 is 11.0. The Balaban J connectivity index is 1.53. The number of pyridine rings is 1. The van der Waals surface area contributed by atoms with Crippen LogP contribution in [0.1, 0.15) is 37.3 Å². The molecule has 0 saturated heterocycles. The lowest BCUT2D eigenvalue weighted by Gasteiger charge is -2.27. The zero-order valence-corrected chi connectivity index (χ0v) is 12.8. The van der Waals surface area contributed by atoms with Gasteiger partial charge in [0.25, 0.3) is 0 Å². The molecule has 1 fully saturated rings. The van der Waals surface area contributed by atoms with Gasteiger partial charge in [-0.25, -0.2) is 9.97 Å². The van der Waals surface area contributed by atoms with E-state index in [4.69, 9.17) is 15.2 Å². The molecule has 2 aromatic rings. The van der Waals surface area contributed by atoms with Gasteiger partial charge in [-0.2, -0.15) is 0 Å². The van der Waals surface area contributed by atoms with E-state index >= 15 is 0 Å². The Hall–Kier alpha value is -1.82. The summed E-state index contributed by atoms with van der Waals surface area (Å²) in [5, 5.41) is 2.73. The van der Waals surface area contributed by atoms with E-state index in [1.807, 2.05) is 12.1 Å². The largest absolute Gasteiger partial charge is 0.495 e. The van der Waals surface area contributed by atoms with E-state index in [0.717, 1.165) is 37.1 Å². The summed E-state index contributed by atoms with van der Waals surface area (Å²) in [6.45, 7) is 0. The molecule has 112 valence electrons. The maximum absolute atomic E-state index is 5.94. The minimum atomic E-state index is 0.234. The maximum Gasteiger partial charge on any atom is 0.213 e. The average Bonchev–Trinajstić information content (AvgIpc) is 2.95. The highest BCUT2D eigenvalue weighted by Gasteiger charge is 2.25. The van der Waals surface area contributed by atoms with E-state index in [2.05, 4.69) is 15.3 Å². The van der Waals surface area contributed by atoms with Gasteiger partial charge in [0, 0.05) is 17.4 Å². The van der Waals surface area contributed by atoms with Crippen LogP contribution in [0, 0.1) is 0 Å². The van der Waals surface area contributed by atoms with E-state index < -0.39 is 0 Å². The number of hydrogen-bond donors (Lipinski definition) is 1. The van der Waals surface area contributed by atoms with Crippen LogP contribution in [0.4, 0.5) is 5.13 Å². The molecule has 0 aromatic carbocycles. The van der Waals surface area contributed by atoms with Crippen LogP contribution in [0.25, 0.3) is 0 Å². The lowest BCUT2D eigenvalue weighted by Crippen LogP contribution is -2.23. The standard InChI is InChI=1S/C15H19N3O2S/c1-19-12-6-7-14(17-8-12)20-11-4-2-10(3-5-11)13-9-21-15(16)18-13/h6-11H,2-5H2,1H3,(H2,16,18)/t10-,11+. The Labute approximate surface area is 128 Å². The van der Waals surface area contributed by atoms with E-state index in [-0.39, 0.29) is 6.10 Å². The van der Waals surface area contributed by atoms with Gasteiger partial charge in [-0.3, -0.25) is 0 Å². The number of nitrogens with two attached hydrogens (primary N) is 1. The lowest BCUT2D eigenvalue weighted by molar-refractivity contribution is 0.140. The van der Waals surface area contributed by atoms with Crippen molar-refractivity contribution in [2.75, 3.05) is 12.8 Å². The molecule has 6 heteroatoms. The number of rotatable bonds is 4. The van der Waals surface area contributed by atoms with E-state index in [1.165, 1.54) is 11.3 Å². The van der Waals surface area contributed by atoms with Crippen LogP contribution in [0.2, 0.25) is 0 Å². The van der Waals surface area contributed by atoms with Crippen molar-refractivity contribution in [1.82, 2.24) is 9.97 Å². The Morgan fingerprint density at radius 3 is 2.62 bits per heavy atom. The van der Waals surface area contributed by atoms with Gasteiger partial charge in [0.05, 0.1) is 19.0 Å². The molecule has 0 atom stereocenters. The number of nitrogen functional groups attached to an aromatic ring is 1. The lowest BCUT2D eigenvalue weighted by atomic mass is 9.86. The minimum Gasteiger partial charge on any atom is -0.495 e. The molecular weight excluding hydrogens is 286 g/mol. The van der Waals surface area contributed by atoms with Crippen molar-refractivity contribution < 1.29 is 9.47 Å². The van der Waals surface area contributed by atoms with E-state index in [1.54, 1.807) is 13.3 Å². The van der Waals surface area contributed by atoms with Crippen LogP contribution < -0.4 is 15.2 Å². The number of ether oxygens (including phenoxy) is 2. The van der Waals surface area contributed by atoms with Crippen molar-refractivity contribution in [2.24, 2.45) is 0 Å². The summed E-state index contributed by atoms with van der Waals surface area (Å²) in [5.74, 6) is 1.92. The van der Waals surface area contributed by atoms with Crippen molar-refractivity contribution in [2.45, 2.75) is 37.7 Å². The highest BCUT2D eigenvalue weighted by molar-refractivity contribution is 7.13. The van der Waals surface area contributed by atoms with Gasteiger partial charge in [0.2, 0.25) is 5.88 Å². The molecule has 3 rings (SSSR count). The quantitative estimate of drug-likeness (QED) is 0.939. The zero-order chi connectivity index (χ0) is 14.7. The molecule has 1 aliphatic rings. The fourth-order valence-corrected chi connectivity index (χ4v) is 3.34. The summed E-state index contributed by atoms with van der Waals surface area (Å²) in [5.41, 5.74) is 6.84. The van der Waals surface area contributed by atoms with Crippen LogP contribution in [-0.2, 0) is 0 Å². The number of hydrogen-bond acceptors (Lipinski definition) is 6. The van der Waals surface area contributed by atoms with Crippen LogP contribution in [-0.4, -0.2) is 23.2 Å². The fourth-order valence-electron chi connectivity index (χ4n) is 2.69. The van der Waals surface area contributed by atoms with Crippen molar-refractivity contribution in [1.29, 1.82) is 0 Å². The van der Waals surface area contributed by atoms with Gasteiger partial charge in [0.15, 0.2) is 5.13 Å². The number of anilines is 1. The second kappa shape index (κ2) is 6.30. The monoisotopic (exact) mass is 305 g/mol. The van der Waals surface area contributed by atoms with Gasteiger partial charge < -0.3 is 15.2 Å². The normalized spacial score (nSPS) is 22.0. The Morgan fingerprint density at radius 1 is 1.24 bits per heavy atom. The summed E-state index contributed by atoms with van der Waals surface area (Å²) in [6.07, 6.45) is 6.14. The van der Waals surface area contributed by atoms with Gasteiger partial charge in [0.1, 0.15) is 11.9 Å². The van der Waals surface area contributed by atoms with Crippen LogP contribution >= 0.6 is 11.3 Å². The predicted molar refractivity (Wildman–Crippen MR) is 82.9 cm³/mol. The van der Waals surface area contributed by atoms with Crippen LogP contribution in [0.15, 0.2) is 23.7 Å². The molecular formula is C15H19N3O2S. The second-order valence-electron chi connectivity index (χ2n) is 5.24. The molecule has 2 aromatic heterocycles. The molecule has 1 aliphatic carbocycles. The topological polar surface area (TPSA) is 70.3 Å². The third-order valence-corrected chi connectivity index (χ3v) is 4.56. The molecule has 0 spiro atoms. The van der Waals surface area contributed by atoms with E-state index in [9.17, 15) is 0 Å². The first-order valence-corrected chi connectivity index (χ1v) is 8.00. The molecule has 0 amide bonds. The maximum atomic E-state index is 5.94. The molecule has 2 N–H and O–H groups in total. The zero-order valence-electron chi connectivity index (χ0n) is 12.0. The first kappa shape index (κ1) is 14.1. The summed E-state index contributed by atoms with van der Waals surface area (Å²) in [4.78, 5) is 8.64. The highest BCUT2D eigenvalue weighted by atomic mass is 32.1. The molecule has 5 nitrogen and oxygen atoms in total. The molecule has 1 saturated carbocycles. The Morgan fingerprint density at radius 2 is 2.05 bits per heavy atom. The SMILES string of the molecule is COc1ccc(O[C@H]2CC[C@@H](c3csc(N)n3)CC2)nc1. The van der Waals surface area contributed by atoms with Gasteiger partial charge in [-0.1, -0.05) is 0 Å².